The molecule has 0 bridgehead atoms. The lowest BCUT2D eigenvalue weighted by molar-refractivity contribution is 0.668. The molecule has 0 N–H and O–H groups in total. The second-order valence-corrected chi connectivity index (χ2v) is 15.9. The lowest BCUT2D eigenvalue weighted by Gasteiger charge is -2.26. The fourth-order valence-corrected chi connectivity index (χ4v) is 10.4. The minimum atomic E-state index is -0.186. The Morgan fingerprint density at radius 3 is 1.41 bits per heavy atom. The van der Waals surface area contributed by atoms with E-state index in [-0.39, 0.29) is 5.41 Å². The van der Waals surface area contributed by atoms with Gasteiger partial charge in [-0.05, 0) is 93.7 Å². The Balaban J connectivity index is 1.05. The first-order chi connectivity index (χ1) is 27.6. The third-order valence-electron chi connectivity index (χ3n) is 12.6. The quantitative estimate of drug-likeness (QED) is 0.131. The Morgan fingerprint density at radius 2 is 0.750 bits per heavy atom. The van der Waals surface area contributed by atoms with Gasteiger partial charge in [0.05, 0.1) is 0 Å². The van der Waals surface area contributed by atoms with Crippen molar-refractivity contribution >= 4 is 65.0 Å². The highest BCUT2D eigenvalue weighted by Crippen LogP contribution is 2.57. The molecule has 0 unspecified atom stereocenters. The van der Waals surface area contributed by atoms with E-state index in [0.29, 0.717) is 0 Å². The van der Waals surface area contributed by atoms with Gasteiger partial charge in [-0.1, -0.05) is 190 Å². The lowest BCUT2D eigenvalue weighted by Crippen LogP contribution is -2.17. The van der Waals surface area contributed by atoms with Crippen molar-refractivity contribution in [2.75, 3.05) is 0 Å². The first-order valence-electron chi connectivity index (χ1n) is 19.6. The molecular formula is C55H36O. The minimum absolute atomic E-state index is 0.186. The highest BCUT2D eigenvalue weighted by molar-refractivity contribution is 6.24. The van der Waals surface area contributed by atoms with Crippen molar-refractivity contribution in [2.24, 2.45) is 0 Å². The Kier molecular flexibility index (Phi) is 6.46. The highest BCUT2D eigenvalue weighted by Gasteiger charge is 2.40. The Labute approximate surface area is 325 Å². The van der Waals surface area contributed by atoms with Crippen molar-refractivity contribution < 1.29 is 4.42 Å². The predicted molar refractivity (Wildman–Crippen MR) is 238 cm³/mol. The Hall–Kier alpha value is -6.96. The SMILES string of the molecule is CC1(C)c2c(-c3ccc(-c4c5ccccc5c(-c5cccc6c5oc5ccccc56)c5ccccc45)cc3)cccc2-c2c1c1ccccc1c1ccccc21. The van der Waals surface area contributed by atoms with Gasteiger partial charge in [-0.25, -0.2) is 0 Å². The van der Waals surface area contributed by atoms with Gasteiger partial charge in [-0.3, -0.25) is 0 Å². The van der Waals surface area contributed by atoms with Crippen LogP contribution in [0, 0.1) is 0 Å². The van der Waals surface area contributed by atoms with Crippen molar-refractivity contribution in [1.29, 1.82) is 0 Å². The van der Waals surface area contributed by atoms with Gasteiger partial charge in [0, 0.05) is 27.3 Å². The van der Waals surface area contributed by atoms with E-state index in [4.69, 9.17) is 4.42 Å². The fourth-order valence-electron chi connectivity index (χ4n) is 10.4. The average molecular weight is 713 g/mol. The maximum atomic E-state index is 6.61. The van der Waals surface area contributed by atoms with E-state index in [9.17, 15) is 0 Å². The molecular weight excluding hydrogens is 677 g/mol. The molecule has 0 amide bonds. The largest absolute Gasteiger partial charge is 0.455 e. The molecule has 0 fully saturated rings. The molecule has 1 aliphatic carbocycles. The monoisotopic (exact) mass is 712 g/mol. The molecule has 12 rings (SSSR count). The number of furan rings is 1. The zero-order valence-corrected chi connectivity index (χ0v) is 31.2. The number of para-hydroxylation sites is 2. The zero-order chi connectivity index (χ0) is 37.1. The normalized spacial score (nSPS) is 13.3. The second kappa shape index (κ2) is 11.5. The molecule has 11 aromatic rings. The van der Waals surface area contributed by atoms with Gasteiger partial charge >= 0.3 is 0 Å². The fraction of sp³-hybridized carbons (Fsp3) is 0.0545. The average Bonchev–Trinajstić information content (AvgIpc) is 3.75. The maximum absolute atomic E-state index is 6.61. The maximum Gasteiger partial charge on any atom is 0.143 e. The second-order valence-electron chi connectivity index (χ2n) is 15.9. The molecule has 56 heavy (non-hydrogen) atoms. The number of hydrogen-bond donors (Lipinski definition) is 0. The van der Waals surface area contributed by atoms with Gasteiger partial charge in [0.15, 0.2) is 0 Å². The van der Waals surface area contributed by atoms with Crippen LogP contribution < -0.4 is 0 Å². The van der Waals surface area contributed by atoms with Crippen molar-refractivity contribution in [3.63, 3.8) is 0 Å². The van der Waals surface area contributed by atoms with Crippen LogP contribution in [0.5, 0.6) is 0 Å². The molecule has 1 heteroatoms. The van der Waals surface area contributed by atoms with E-state index in [0.717, 1.165) is 27.5 Å². The van der Waals surface area contributed by atoms with Crippen molar-refractivity contribution in [1.82, 2.24) is 0 Å². The number of fused-ring (bicyclic) bond motifs is 13. The van der Waals surface area contributed by atoms with Crippen LogP contribution in [0.2, 0.25) is 0 Å². The summed E-state index contributed by atoms with van der Waals surface area (Å²) >= 11 is 0. The molecule has 1 aromatic heterocycles. The predicted octanol–water partition coefficient (Wildman–Crippen LogP) is 15.5. The summed E-state index contributed by atoms with van der Waals surface area (Å²) in [4.78, 5) is 0. The molecule has 1 aliphatic rings. The summed E-state index contributed by atoms with van der Waals surface area (Å²) in [5, 5.41) is 12.5. The lowest BCUT2D eigenvalue weighted by atomic mass is 9.76. The van der Waals surface area contributed by atoms with E-state index in [1.807, 2.05) is 6.07 Å². The number of rotatable bonds is 3. The number of benzene rings is 10. The standard InChI is InChI=1S/C55H36O/c1-55(2)52-35(24-13-26-46(52)51-39-18-5-3-15-36(39)37-16-4-10-23-44(37)53(51)55)33-29-31-34(32-30-33)49-40-19-6-8-21-42(40)50(43-22-9-7-20-41(43)49)47-27-14-25-45-38-17-11-12-28-48(38)56-54(45)47/h3-32H,1-2H3. The third-order valence-corrected chi connectivity index (χ3v) is 12.6. The Morgan fingerprint density at radius 1 is 0.304 bits per heavy atom. The molecule has 10 aromatic carbocycles. The summed E-state index contributed by atoms with van der Waals surface area (Å²) in [6.07, 6.45) is 0. The molecule has 0 saturated carbocycles. The topological polar surface area (TPSA) is 13.1 Å². The summed E-state index contributed by atoms with van der Waals surface area (Å²) < 4.78 is 6.61. The van der Waals surface area contributed by atoms with Crippen LogP contribution >= 0.6 is 0 Å². The molecule has 0 saturated heterocycles. The minimum Gasteiger partial charge on any atom is -0.455 e. The third kappa shape index (κ3) is 4.20. The van der Waals surface area contributed by atoms with E-state index < -0.39 is 0 Å². The van der Waals surface area contributed by atoms with Crippen LogP contribution in [0.4, 0.5) is 0 Å². The smallest absolute Gasteiger partial charge is 0.143 e. The van der Waals surface area contributed by atoms with E-state index in [1.54, 1.807) is 0 Å². The van der Waals surface area contributed by atoms with Crippen LogP contribution in [0.3, 0.4) is 0 Å². The molecule has 0 atom stereocenters. The summed E-state index contributed by atoms with van der Waals surface area (Å²) in [7, 11) is 0. The highest BCUT2D eigenvalue weighted by atomic mass is 16.3. The van der Waals surface area contributed by atoms with Crippen molar-refractivity contribution in [3.05, 3.63) is 193 Å². The van der Waals surface area contributed by atoms with Crippen LogP contribution in [-0.2, 0) is 5.41 Å². The molecule has 262 valence electrons. The van der Waals surface area contributed by atoms with Gasteiger partial charge in [0.25, 0.3) is 0 Å². The van der Waals surface area contributed by atoms with Crippen LogP contribution in [0.15, 0.2) is 186 Å². The van der Waals surface area contributed by atoms with Crippen molar-refractivity contribution in [3.8, 4) is 44.5 Å². The van der Waals surface area contributed by atoms with E-state index in [2.05, 4.69) is 190 Å². The van der Waals surface area contributed by atoms with Gasteiger partial charge in [-0.2, -0.15) is 0 Å². The zero-order valence-electron chi connectivity index (χ0n) is 31.2. The summed E-state index contributed by atoms with van der Waals surface area (Å²) in [6, 6.07) is 66.9. The Bertz CT molecular complexity index is 3370. The first kappa shape index (κ1) is 31.4. The summed E-state index contributed by atoms with van der Waals surface area (Å²) in [5.74, 6) is 0. The van der Waals surface area contributed by atoms with E-state index >= 15 is 0 Å². The molecule has 0 aliphatic heterocycles. The number of hydrogen-bond acceptors (Lipinski definition) is 1. The van der Waals surface area contributed by atoms with Gasteiger partial charge in [0.2, 0.25) is 0 Å². The molecule has 0 spiro atoms. The van der Waals surface area contributed by atoms with Crippen molar-refractivity contribution in [2.45, 2.75) is 19.3 Å². The molecule has 0 radical (unpaired) electrons. The van der Waals surface area contributed by atoms with Crippen LogP contribution in [-0.4, -0.2) is 0 Å². The summed E-state index contributed by atoms with van der Waals surface area (Å²) in [6.45, 7) is 4.84. The summed E-state index contributed by atoms with van der Waals surface area (Å²) in [5.41, 5.74) is 14.6. The van der Waals surface area contributed by atoms with Gasteiger partial charge in [-0.15, -0.1) is 0 Å². The van der Waals surface area contributed by atoms with Crippen LogP contribution in [0.25, 0.3) is 110 Å². The molecule has 1 heterocycles. The first-order valence-corrected chi connectivity index (χ1v) is 19.6. The van der Waals surface area contributed by atoms with E-state index in [1.165, 1.54) is 93.2 Å². The van der Waals surface area contributed by atoms with Gasteiger partial charge < -0.3 is 4.42 Å². The molecule has 1 nitrogen and oxygen atoms in total. The van der Waals surface area contributed by atoms with Gasteiger partial charge in [0.1, 0.15) is 11.2 Å². The van der Waals surface area contributed by atoms with Crippen LogP contribution in [0.1, 0.15) is 25.0 Å².